The van der Waals surface area contributed by atoms with Gasteiger partial charge in [-0.3, -0.25) is 44.0 Å². The first-order valence-electron chi connectivity index (χ1n) is 19.9. The van der Waals surface area contributed by atoms with Crippen LogP contribution in [0.1, 0.15) is 113 Å². The van der Waals surface area contributed by atoms with Crippen molar-refractivity contribution in [3.8, 4) is 5.75 Å². The number of hydrogen-bond donors (Lipinski definition) is 4. The SMILES string of the molecule is CNC(=O)c1cnc2ccc(CCCCCCCCCCCNC(=O)COc3cccc4c3C(=O)N(C3CCC(=O)NC3=O)C4=O)cc2c1NCc1ccccc1. The van der Waals surface area contributed by atoms with Crippen molar-refractivity contribution >= 4 is 52.0 Å². The number of imide groups is 2. The smallest absolute Gasteiger partial charge is 0.266 e. The average molecular weight is 775 g/mol. The van der Waals surface area contributed by atoms with Gasteiger partial charge in [-0.25, -0.2) is 0 Å². The first-order valence-corrected chi connectivity index (χ1v) is 19.9. The molecule has 0 aliphatic carbocycles. The maximum Gasteiger partial charge on any atom is 0.266 e. The first-order chi connectivity index (χ1) is 27.7. The van der Waals surface area contributed by atoms with Crippen molar-refractivity contribution in [3.63, 3.8) is 0 Å². The number of aryl methyl sites for hydroxylation is 1. The molecule has 13 nitrogen and oxygen atoms in total. The third kappa shape index (κ3) is 10.2. The molecule has 298 valence electrons. The number of benzene rings is 3. The maximum atomic E-state index is 13.2. The third-order valence-corrected chi connectivity index (χ3v) is 10.5. The quantitative estimate of drug-likeness (QED) is 0.0634. The zero-order valence-corrected chi connectivity index (χ0v) is 32.4. The fraction of sp³-hybridized carbons (Fsp3) is 0.386. The summed E-state index contributed by atoms with van der Waals surface area (Å²) >= 11 is 0. The molecule has 3 aromatic carbocycles. The van der Waals surface area contributed by atoms with Crippen LogP contribution in [0.25, 0.3) is 10.9 Å². The number of carbonyl (C=O) groups excluding carboxylic acids is 6. The third-order valence-electron chi connectivity index (χ3n) is 10.5. The van der Waals surface area contributed by atoms with Gasteiger partial charge in [-0.05, 0) is 61.1 Å². The lowest BCUT2D eigenvalue weighted by Gasteiger charge is -2.27. The molecule has 57 heavy (non-hydrogen) atoms. The number of nitrogens with zero attached hydrogens (tertiary/aromatic N) is 2. The van der Waals surface area contributed by atoms with E-state index in [0.29, 0.717) is 18.7 Å². The largest absolute Gasteiger partial charge is 0.483 e. The molecule has 1 fully saturated rings. The molecule has 1 unspecified atom stereocenters. The van der Waals surface area contributed by atoms with Crippen LogP contribution in [-0.4, -0.2) is 71.6 Å². The Kier molecular flexibility index (Phi) is 14.0. The summed E-state index contributed by atoms with van der Waals surface area (Å²) in [5, 5.41) is 12.2. The number of hydrogen-bond acceptors (Lipinski definition) is 9. The van der Waals surface area contributed by atoms with E-state index in [4.69, 9.17) is 4.74 Å². The number of fused-ring (bicyclic) bond motifs is 2. The van der Waals surface area contributed by atoms with Crippen molar-refractivity contribution in [3.05, 3.63) is 101 Å². The number of ether oxygens (including phenoxy) is 1. The lowest BCUT2D eigenvalue weighted by molar-refractivity contribution is -0.136. The Morgan fingerprint density at radius 1 is 0.842 bits per heavy atom. The fourth-order valence-corrected chi connectivity index (χ4v) is 7.40. The topological polar surface area (TPSA) is 176 Å². The van der Waals surface area contributed by atoms with Crippen LogP contribution in [0.3, 0.4) is 0 Å². The number of amides is 6. The molecule has 0 spiro atoms. The Bertz CT molecular complexity index is 2120. The minimum atomic E-state index is -1.08. The average Bonchev–Trinajstić information content (AvgIpc) is 3.48. The van der Waals surface area contributed by atoms with Gasteiger partial charge in [0.25, 0.3) is 23.6 Å². The van der Waals surface area contributed by atoms with Gasteiger partial charge < -0.3 is 20.7 Å². The van der Waals surface area contributed by atoms with Crippen LogP contribution in [-0.2, 0) is 27.3 Å². The Hall–Kier alpha value is -6.11. The van der Waals surface area contributed by atoms with E-state index in [2.05, 4.69) is 50.5 Å². The van der Waals surface area contributed by atoms with Crippen LogP contribution < -0.4 is 26.0 Å². The van der Waals surface area contributed by atoms with Crippen LogP contribution in [0.2, 0.25) is 0 Å². The number of carbonyl (C=O) groups is 6. The van der Waals surface area contributed by atoms with Crippen LogP contribution in [0.4, 0.5) is 5.69 Å². The van der Waals surface area contributed by atoms with Gasteiger partial charge in [0.2, 0.25) is 11.8 Å². The van der Waals surface area contributed by atoms with E-state index < -0.39 is 29.7 Å². The lowest BCUT2D eigenvalue weighted by Crippen LogP contribution is -2.54. The molecule has 1 saturated heterocycles. The fourth-order valence-electron chi connectivity index (χ4n) is 7.40. The molecule has 1 atom stereocenters. The van der Waals surface area contributed by atoms with Gasteiger partial charge in [0.15, 0.2) is 6.61 Å². The van der Waals surface area contributed by atoms with Crippen LogP contribution in [0.15, 0.2) is 72.9 Å². The Morgan fingerprint density at radius 2 is 1.58 bits per heavy atom. The highest BCUT2D eigenvalue weighted by Crippen LogP contribution is 2.34. The maximum absolute atomic E-state index is 13.2. The van der Waals surface area contributed by atoms with Crippen molar-refractivity contribution in [1.29, 1.82) is 0 Å². The van der Waals surface area contributed by atoms with Gasteiger partial charge in [0.1, 0.15) is 11.8 Å². The number of unbranched alkanes of at least 4 members (excludes halogenated alkanes) is 8. The minimum Gasteiger partial charge on any atom is -0.483 e. The summed E-state index contributed by atoms with van der Waals surface area (Å²) in [4.78, 5) is 80.8. The Morgan fingerprint density at radius 3 is 2.32 bits per heavy atom. The van der Waals surface area contributed by atoms with Crippen LogP contribution in [0, 0.1) is 0 Å². The van der Waals surface area contributed by atoms with E-state index in [-0.39, 0.29) is 48.1 Å². The van der Waals surface area contributed by atoms with Gasteiger partial charge in [-0.15, -0.1) is 0 Å². The summed E-state index contributed by atoms with van der Waals surface area (Å²) in [6.45, 7) is 0.795. The number of rotatable bonds is 20. The summed E-state index contributed by atoms with van der Waals surface area (Å²) in [6, 6.07) is 19.9. The number of pyridine rings is 1. The summed E-state index contributed by atoms with van der Waals surface area (Å²) in [6.07, 6.45) is 12.5. The predicted octanol–water partition coefficient (Wildman–Crippen LogP) is 5.86. The predicted molar refractivity (Wildman–Crippen MR) is 216 cm³/mol. The molecule has 0 saturated carbocycles. The molecule has 2 aliphatic heterocycles. The second-order valence-corrected chi connectivity index (χ2v) is 14.5. The second-order valence-electron chi connectivity index (χ2n) is 14.5. The standard InChI is InChI=1S/C44H50N6O7/c1-45-41(53)33-27-47-34-21-20-29(25-32(34)40(33)48-26-30-16-11-9-12-17-30)15-10-7-5-3-2-4-6-8-13-24-46-38(52)28-57-36-19-14-18-31-39(36)44(56)50(43(31)55)35-22-23-37(51)49-42(35)54/h9,11-12,14,16-21,25,27,35H,2-8,10,13,15,22-24,26,28H2,1H3,(H,45,53)(H,46,52)(H,47,48)(H,49,51,54). The molecule has 3 heterocycles. The van der Waals surface area contributed by atoms with Crippen molar-refractivity contribution in [1.82, 2.24) is 25.8 Å². The van der Waals surface area contributed by atoms with E-state index in [1.165, 1.54) is 37.0 Å². The molecule has 4 N–H and O–H groups in total. The lowest BCUT2D eigenvalue weighted by atomic mass is 10.0. The minimum absolute atomic E-state index is 0.0166. The number of aromatic nitrogens is 1. The van der Waals surface area contributed by atoms with Gasteiger partial charge in [0.05, 0.1) is 27.9 Å². The molecule has 6 amide bonds. The van der Waals surface area contributed by atoms with Gasteiger partial charge >= 0.3 is 0 Å². The Labute approximate surface area is 332 Å². The van der Waals surface area contributed by atoms with Gasteiger partial charge in [0, 0.05) is 38.1 Å². The van der Waals surface area contributed by atoms with E-state index >= 15 is 0 Å². The summed E-state index contributed by atoms with van der Waals surface area (Å²) < 4.78 is 5.66. The van der Waals surface area contributed by atoms with Gasteiger partial charge in [-0.1, -0.05) is 87.4 Å². The Balaban J connectivity index is 0.844. The first kappa shape index (κ1) is 40.6. The summed E-state index contributed by atoms with van der Waals surface area (Å²) in [5.41, 5.74) is 4.66. The molecule has 6 rings (SSSR count). The van der Waals surface area contributed by atoms with Gasteiger partial charge in [-0.2, -0.15) is 0 Å². The van der Waals surface area contributed by atoms with Crippen LogP contribution in [0.5, 0.6) is 5.75 Å². The summed E-state index contributed by atoms with van der Waals surface area (Å²) in [7, 11) is 1.63. The van der Waals surface area contributed by atoms with Crippen molar-refractivity contribution in [2.75, 3.05) is 25.5 Å². The number of anilines is 1. The molecule has 4 aromatic rings. The molecule has 0 radical (unpaired) electrons. The molecule has 2 aliphatic rings. The van der Waals surface area contributed by atoms with Crippen molar-refractivity contribution in [2.45, 2.75) is 89.6 Å². The van der Waals surface area contributed by atoms with E-state index in [1.54, 1.807) is 19.3 Å². The molecule has 13 heteroatoms. The zero-order chi connectivity index (χ0) is 40.1. The highest BCUT2D eigenvalue weighted by Gasteiger charge is 2.46. The highest BCUT2D eigenvalue weighted by molar-refractivity contribution is 6.24. The van der Waals surface area contributed by atoms with Crippen molar-refractivity contribution < 1.29 is 33.5 Å². The highest BCUT2D eigenvalue weighted by atomic mass is 16.5. The number of piperidine rings is 1. The molecule has 1 aromatic heterocycles. The normalized spacial score (nSPS) is 15.0. The number of nitrogens with one attached hydrogen (secondary N) is 4. The monoisotopic (exact) mass is 774 g/mol. The second kappa shape index (κ2) is 19.7. The van der Waals surface area contributed by atoms with E-state index in [1.807, 2.05) is 24.3 Å². The molecular formula is C44H50N6O7. The summed E-state index contributed by atoms with van der Waals surface area (Å²) in [5.74, 6) is -2.84. The molecule has 0 bridgehead atoms. The zero-order valence-electron chi connectivity index (χ0n) is 32.4. The van der Waals surface area contributed by atoms with Crippen molar-refractivity contribution in [2.24, 2.45) is 0 Å². The van der Waals surface area contributed by atoms with E-state index in [9.17, 15) is 28.8 Å². The van der Waals surface area contributed by atoms with Crippen LogP contribution >= 0.6 is 0 Å². The molecular weight excluding hydrogens is 725 g/mol. The van der Waals surface area contributed by atoms with E-state index in [0.717, 1.165) is 72.0 Å².